The predicted octanol–water partition coefficient (Wildman–Crippen LogP) is 2.11. The van der Waals surface area contributed by atoms with Gasteiger partial charge >= 0.3 is 0 Å². The van der Waals surface area contributed by atoms with Crippen LogP contribution in [0.5, 0.6) is 0 Å². The molecule has 2 aromatic heterocycles. The molecule has 1 unspecified atom stereocenters. The van der Waals surface area contributed by atoms with E-state index in [0.717, 1.165) is 22.9 Å². The Morgan fingerprint density at radius 1 is 1.11 bits per heavy atom. The smallest absolute Gasteiger partial charge is 0.178 e. The molecule has 2 aromatic rings. The second-order valence-corrected chi connectivity index (χ2v) is 4.48. The third kappa shape index (κ3) is 1.44. The van der Waals surface area contributed by atoms with Gasteiger partial charge in [-0.25, -0.2) is 9.97 Å². The van der Waals surface area contributed by atoms with Crippen molar-refractivity contribution in [2.75, 3.05) is 16.8 Å². The maximum Gasteiger partial charge on any atom is 0.178 e. The number of aryl methyl sites for hydroxylation is 1. The van der Waals surface area contributed by atoms with Crippen LogP contribution in [0.3, 0.4) is 0 Å². The summed E-state index contributed by atoms with van der Waals surface area (Å²) >= 11 is 0. The number of hydrogen-bond acceptors (Lipinski definition) is 5. The standard InChI is InChI=1S/C13H15N5/c1-9-8-14-5-4-11(9)18-10(2)17(3)12-13(18)16-7-6-15-12/h4-8,10H,1-3H3. The Bertz CT molecular complexity index is 583. The van der Waals surface area contributed by atoms with Crippen LogP contribution in [-0.2, 0) is 0 Å². The molecule has 92 valence electrons. The highest BCUT2D eigenvalue weighted by Gasteiger charge is 2.34. The topological polar surface area (TPSA) is 45.2 Å². The van der Waals surface area contributed by atoms with E-state index in [1.54, 1.807) is 12.4 Å². The number of fused-ring (bicyclic) bond motifs is 1. The van der Waals surface area contributed by atoms with Gasteiger partial charge < -0.3 is 9.80 Å². The quantitative estimate of drug-likeness (QED) is 0.765. The summed E-state index contributed by atoms with van der Waals surface area (Å²) in [6.07, 6.45) is 7.34. The Hall–Kier alpha value is -2.17. The number of hydrogen-bond donors (Lipinski definition) is 0. The molecule has 5 heteroatoms. The summed E-state index contributed by atoms with van der Waals surface area (Å²) in [7, 11) is 2.04. The molecule has 5 nitrogen and oxygen atoms in total. The van der Waals surface area contributed by atoms with E-state index in [4.69, 9.17) is 0 Å². The molecule has 0 amide bonds. The number of anilines is 3. The van der Waals surface area contributed by atoms with Gasteiger partial charge in [0, 0.05) is 31.8 Å². The second kappa shape index (κ2) is 3.94. The first kappa shape index (κ1) is 11.0. The van der Waals surface area contributed by atoms with Crippen molar-refractivity contribution in [3.05, 3.63) is 36.4 Å². The average Bonchev–Trinajstić information content (AvgIpc) is 2.64. The third-order valence-electron chi connectivity index (χ3n) is 3.41. The van der Waals surface area contributed by atoms with Crippen molar-refractivity contribution in [3.63, 3.8) is 0 Å². The molecular weight excluding hydrogens is 226 g/mol. The molecular formula is C13H15N5. The van der Waals surface area contributed by atoms with Crippen molar-refractivity contribution in [3.8, 4) is 0 Å². The van der Waals surface area contributed by atoms with E-state index in [1.165, 1.54) is 0 Å². The zero-order chi connectivity index (χ0) is 12.7. The fourth-order valence-electron chi connectivity index (χ4n) is 2.32. The van der Waals surface area contributed by atoms with Gasteiger partial charge in [-0.05, 0) is 25.5 Å². The Morgan fingerprint density at radius 3 is 2.56 bits per heavy atom. The van der Waals surface area contributed by atoms with E-state index in [2.05, 4.69) is 38.6 Å². The molecule has 18 heavy (non-hydrogen) atoms. The van der Waals surface area contributed by atoms with Gasteiger partial charge in [0.25, 0.3) is 0 Å². The van der Waals surface area contributed by atoms with Gasteiger partial charge in [-0.2, -0.15) is 0 Å². The average molecular weight is 241 g/mol. The van der Waals surface area contributed by atoms with E-state index >= 15 is 0 Å². The molecule has 0 aliphatic carbocycles. The largest absolute Gasteiger partial charge is 0.336 e. The van der Waals surface area contributed by atoms with Gasteiger partial charge in [0.1, 0.15) is 6.17 Å². The van der Waals surface area contributed by atoms with Crippen LogP contribution < -0.4 is 9.80 Å². The second-order valence-electron chi connectivity index (χ2n) is 4.48. The van der Waals surface area contributed by atoms with Crippen molar-refractivity contribution in [1.29, 1.82) is 0 Å². The molecule has 0 spiro atoms. The van der Waals surface area contributed by atoms with Crippen molar-refractivity contribution in [1.82, 2.24) is 15.0 Å². The Balaban J connectivity index is 2.16. The summed E-state index contributed by atoms with van der Waals surface area (Å²) in [6, 6.07) is 2.02. The normalized spacial score (nSPS) is 18.1. The first-order valence-corrected chi connectivity index (χ1v) is 5.94. The number of rotatable bonds is 1. The molecule has 0 fully saturated rings. The lowest BCUT2D eigenvalue weighted by atomic mass is 10.2. The molecule has 1 aliphatic heterocycles. The Morgan fingerprint density at radius 2 is 1.83 bits per heavy atom. The molecule has 3 heterocycles. The van der Waals surface area contributed by atoms with E-state index in [-0.39, 0.29) is 6.17 Å². The third-order valence-corrected chi connectivity index (χ3v) is 3.41. The van der Waals surface area contributed by atoms with Crippen LogP contribution in [0.15, 0.2) is 30.9 Å². The van der Waals surface area contributed by atoms with Crippen molar-refractivity contribution < 1.29 is 0 Å². The highest BCUT2D eigenvalue weighted by molar-refractivity contribution is 5.78. The fraction of sp³-hybridized carbons (Fsp3) is 0.308. The van der Waals surface area contributed by atoms with Crippen LogP contribution in [0.1, 0.15) is 12.5 Å². The first-order valence-electron chi connectivity index (χ1n) is 5.94. The van der Waals surface area contributed by atoms with E-state index in [0.29, 0.717) is 0 Å². The maximum atomic E-state index is 4.46. The summed E-state index contributed by atoms with van der Waals surface area (Å²) in [6.45, 7) is 4.20. The molecule has 1 atom stereocenters. The van der Waals surface area contributed by atoms with E-state index < -0.39 is 0 Å². The zero-order valence-electron chi connectivity index (χ0n) is 10.7. The molecule has 0 N–H and O–H groups in total. The van der Waals surface area contributed by atoms with Crippen LogP contribution in [0.2, 0.25) is 0 Å². The molecule has 0 saturated carbocycles. The first-order chi connectivity index (χ1) is 8.70. The van der Waals surface area contributed by atoms with Gasteiger partial charge in [-0.15, -0.1) is 0 Å². The van der Waals surface area contributed by atoms with Crippen molar-refractivity contribution >= 4 is 17.3 Å². The molecule has 0 aromatic carbocycles. The minimum Gasteiger partial charge on any atom is -0.336 e. The highest BCUT2D eigenvalue weighted by Crippen LogP contribution is 2.40. The maximum absolute atomic E-state index is 4.46. The highest BCUT2D eigenvalue weighted by atomic mass is 15.5. The number of pyridine rings is 1. The molecule has 3 rings (SSSR count). The number of nitrogens with zero attached hydrogens (tertiary/aromatic N) is 5. The number of aromatic nitrogens is 3. The van der Waals surface area contributed by atoms with E-state index in [1.807, 2.05) is 25.5 Å². The Labute approximate surface area is 106 Å². The van der Waals surface area contributed by atoms with Crippen LogP contribution >= 0.6 is 0 Å². The Kier molecular flexibility index (Phi) is 2.40. The minimum absolute atomic E-state index is 0.198. The summed E-state index contributed by atoms with van der Waals surface area (Å²) in [5.74, 6) is 1.82. The van der Waals surface area contributed by atoms with Crippen LogP contribution in [-0.4, -0.2) is 28.2 Å². The van der Waals surface area contributed by atoms with Gasteiger partial charge in [-0.3, -0.25) is 4.98 Å². The fourth-order valence-corrected chi connectivity index (χ4v) is 2.32. The summed E-state index contributed by atoms with van der Waals surface area (Å²) in [5.41, 5.74) is 2.26. The van der Waals surface area contributed by atoms with Crippen LogP contribution in [0.25, 0.3) is 0 Å². The lowest BCUT2D eigenvalue weighted by Gasteiger charge is -2.27. The zero-order valence-corrected chi connectivity index (χ0v) is 10.7. The molecule has 0 bridgehead atoms. The summed E-state index contributed by atoms with van der Waals surface area (Å²) < 4.78 is 0. The molecule has 0 radical (unpaired) electrons. The van der Waals surface area contributed by atoms with Crippen LogP contribution in [0, 0.1) is 6.92 Å². The van der Waals surface area contributed by atoms with E-state index in [9.17, 15) is 0 Å². The van der Waals surface area contributed by atoms with Gasteiger partial charge in [-0.1, -0.05) is 0 Å². The summed E-state index contributed by atoms with van der Waals surface area (Å²) in [5, 5.41) is 0. The monoisotopic (exact) mass is 241 g/mol. The van der Waals surface area contributed by atoms with Crippen molar-refractivity contribution in [2.24, 2.45) is 0 Å². The lowest BCUT2D eigenvalue weighted by molar-refractivity contribution is 0.725. The molecule has 1 aliphatic rings. The SMILES string of the molecule is Cc1cnccc1N1c2nccnc2N(C)C1C. The van der Waals surface area contributed by atoms with Gasteiger partial charge in [0.05, 0.1) is 5.69 Å². The predicted molar refractivity (Wildman–Crippen MR) is 71.0 cm³/mol. The summed E-state index contributed by atoms with van der Waals surface area (Å²) in [4.78, 5) is 17.3. The lowest BCUT2D eigenvalue weighted by Crippen LogP contribution is -2.36. The van der Waals surface area contributed by atoms with Crippen molar-refractivity contribution in [2.45, 2.75) is 20.0 Å². The van der Waals surface area contributed by atoms with Crippen LogP contribution in [0.4, 0.5) is 17.3 Å². The van der Waals surface area contributed by atoms with Gasteiger partial charge in [0.15, 0.2) is 11.6 Å². The van der Waals surface area contributed by atoms with Gasteiger partial charge in [0.2, 0.25) is 0 Å². The minimum atomic E-state index is 0.198. The molecule has 0 saturated heterocycles.